The third-order valence-electron chi connectivity index (χ3n) is 2.83. The quantitative estimate of drug-likeness (QED) is 0.866. The summed E-state index contributed by atoms with van der Waals surface area (Å²) in [7, 11) is 1.92. The Morgan fingerprint density at radius 3 is 2.89 bits per heavy atom. The van der Waals surface area contributed by atoms with Crippen LogP contribution >= 0.6 is 11.3 Å². The summed E-state index contributed by atoms with van der Waals surface area (Å²) in [5.74, 6) is 0.981. The fourth-order valence-electron chi connectivity index (χ4n) is 1.83. The van der Waals surface area contributed by atoms with Crippen LogP contribution in [0.4, 0.5) is 0 Å². The first-order valence-corrected chi connectivity index (χ1v) is 7.07. The molecule has 18 heavy (non-hydrogen) atoms. The standard InChI is InChI=1S/C12H19N5S/c1-4-5-13-10(11-7-18-9(2)16-11)6-12-14-8-15-17(12)3/h7-8,10,13H,4-6H2,1-3H3. The largest absolute Gasteiger partial charge is 0.308 e. The number of nitrogens with zero attached hydrogens (tertiary/aromatic N) is 4. The van der Waals surface area contributed by atoms with Gasteiger partial charge in [-0.3, -0.25) is 4.68 Å². The van der Waals surface area contributed by atoms with Gasteiger partial charge < -0.3 is 5.32 Å². The van der Waals surface area contributed by atoms with E-state index >= 15 is 0 Å². The van der Waals surface area contributed by atoms with E-state index in [1.54, 1.807) is 17.7 Å². The van der Waals surface area contributed by atoms with Gasteiger partial charge in [-0.2, -0.15) is 5.10 Å². The molecular weight excluding hydrogens is 246 g/mol. The lowest BCUT2D eigenvalue weighted by Crippen LogP contribution is -2.25. The molecule has 0 aliphatic rings. The second-order valence-corrected chi connectivity index (χ2v) is 5.36. The molecule has 0 spiro atoms. The SMILES string of the molecule is CCCNC(Cc1ncnn1C)c1csc(C)n1. The first-order valence-electron chi connectivity index (χ1n) is 6.19. The van der Waals surface area contributed by atoms with Crippen molar-refractivity contribution in [3.8, 4) is 0 Å². The number of nitrogens with one attached hydrogen (secondary N) is 1. The fourth-order valence-corrected chi connectivity index (χ4v) is 2.49. The topological polar surface area (TPSA) is 55.6 Å². The minimum atomic E-state index is 0.220. The zero-order valence-electron chi connectivity index (χ0n) is 11.1. The predicted octanol–water partition coefficient (Wildman–Crippen LogP) is 1.86. The molecule has 0 bridgehead atoms. The lowest BCUT2D eigenvalue weighted by Gasteiger charge is -2.15. The third-order valence-corrected chi connectivity index (χ3v) is 3.62. The molecule has 0 aromatic carbocycles. The molecule has 0 aliphatic carbocycles. The van der Waals surface area contributed by atoms with Gasteiger partial charge in [0.2, 0.25) is 0 Å². The van der Waals surface area contributed by atoms with E-state index in [2.05, 4.69) is 32.7 Å². The van der Waals surface area contributed by atoms with E-state index in [4.69, 9.17) is 0 Å². The smallest absolute Gasteiger partial charge is 0.138 e. The minimum absolute atomic E-state index is 0.220. The van der Waals surface area contributed by atoms with E-state index in [-0.39, 0.29) is 6.04 Å². The molecule has 2 aromatic heterocycles. The second-order valence-electron chi connectivity index (χ2n) is 4.30. The minimum Gasteiger partial charge on any atom is -0.308 e. The summed E-state index contributed by atoms with van der Waals surface area (Å²) in [5, 5.41) is 10.9. The Morgan fingerprint density at radius 2 is 2.33 bits per heavy atom. The molecule has 5 nitrogen and oxygen atoms in total. The molecular formula is C12H19N5S. The highest BCUT2D eigenvalue weighted by molar-refractivity contribution is 7.09. The molecule has 2 aromatic rings. The van der Waals surface area contributed by atoms with Crippen molar-refractivity contribution in [2.75, 3.05) is 6.54 Å². The van der Waals surface area contributed by atoms with E-state index in [1.807, 2.05) is 18.7 Å². The van der Waals surface area contributed by atoms with E-state index < -0.39 is 0 Å². The number of aryl methyl sites for hydroxylation is 2. The predicted molar refractivity (Wildman–Crippen MR) is 72.6 cm³/mol. The van der Waals surface area contributed by atoms with Crippen molar-refractivity contribution in [2.45, 2.75) is 32.7 Å². The highest BCUT2D eigenvalue weighted by Gasteiger charge is 2.16. The summed E-state index contributed by atoms with van der Waals surface area (Å²) in [6.07, 6.45) is 3.52. The molecule has 0 fully saturated rings. The van der Waals surface area contributed by atoms with Crippen molar-refractivity contribution in [1.29, 1.82) is 0 Å². The van der Waals surface area contributed by atoms with Crippen LogP contribution in [0.25, 0.3) is 0 Å². The van der Waals surface area contributed by atoms with Gasteiger partial charge in [0.05, 0.1) is 16.7 Å². The summed E-state index contributed by atoms with van der Waals surface area (Å²) in [5.41, 5.74) is 1.11. The van der Waals surface area contributed by atoms with Gasteiger partial charge in [-0.1, -0.05) is 6.92 Å². The molecule has 6 heteroatoms. The van der Waals surface area contributed by atoms with Crippen LogP contribution in [0.15, 0.2) is 11.7 Å². The first kappa shape index (κ1) is 13.2. The van der Waals surface area contributed by atoms with Gasteiger partial charge in [0.1, 0.15) is 12.2 Å². The van der Waals surface area contributed by atoms with Crippen molar-refractivity contribution in [1.82, 2.24) is 25.1 Å². The van der Waals surface area contributed by atoms with E-state index in [0.717, 1.165) is 35.9 Å². The van der Waals surface area contributed by atoms with Crippen LogP contribution in [-0.4, -0.2) is 26.3 Å². The van der Waals surface area contributed by atoms with E-state index in [1.165, 1.54) is 0 Å². The molecule has 98 valence electrons. The van der Waals surface area contributed by atoms with Gasteiger partial charge in [0.15, 0.2) is 0 Å². The van der Waals surface area contributed by atoms with Crippen LogP contribution in [0.1, 0.15) is 35.9 Å². The maximum atomic E-state index is 4.57. The zero-order chi connectivity index (χ0) is 13.0. The van der Waals surface area contributed by atoms with Crippen molar-refractivity contribution in [3.63, 3.8) is 0 Å². The maximum absolute atomic E-state index is 4.57. The molecule has 0 saturated heterocycles. The van der Waals surface area contributed by atoms with Crippen LogP contribution in [0.3, 0.4) is 0 Å². The van der Waals surface area contributed by atoms with Crippen LogP contribution in [0.5, 0.6) is 0 Å². The molecule has 0 aliphatic heterocycles. The van der Waals surface area contributed by atoms with Crippen molar-refractivity contribution >= 4 is 11.3 Å². The van der Waals surface area contributed by atoms with E-state index in [9.17, 15) is 0 Å². The highest BCUT2D eigenvalue weighted by atomic mass is 32.1. The molecule has 1 atom stereocenters. The Kier molecular flexibility index (Phi) is 4.43. The van der Waals surface area contributed by atoms with Crippen molar-refractivity contribution in [2.24, 2.45) is 7.05 Å². The Labute approximate surface area is 111 Å². The number of hydrogen-bond acceptors (Lipinski definition) is 5. The van der Waals surface area contributed by atoms with Crippen LogP contribution < -0.4 is 5.32 Å². The number of rotatable bonds is 6. The lowest BCUT2D eigenvalue weighted by molar-refractivity contribution is 0.498. The molecule has 2 heterocycles. The Bertz CT molecular complexity index is 490. The molecule has 2 rings (SSSR count). The normalized spacial score (nSPS) is 12.8. The van der Waals surface area contributed by atoms with E-state index in [0.29, 0.717) is 0 Å². The zero-order valence-corrected chi connectivity index (χ0v) is 11.9. The van der Waals surface area contributed by atoms with Crippen LogP contribution in [0, 0.1) is 6.92 Å². The molecule has 1 N–H and O–H groups in total. The summed E-state index contributed by atoms with van der Waals surface area (Å²) < 4.78 is 1.82. The van der Waals surface area contributed by atoms with Crippen molar-refractivity contribution < 1.29 is 0 Å². The molecule has 0 radical (unpaired) electrons. The molecule has 1 unspecified atom stereocenters. The summed E-state index contributed by atoms with van der Waals surface area (Å²) in [4.78, 5) is 8.86. The van der Waals surface area contributed by atoms with Gasteiger partial charge in [-0.15, -0.1) is 11.3 Å². The average molecular weight is 265 g/mol. The molecule has 0 saturated carbocycles. The third kappa shape index (κ3) is 3.14. The lowest BCUT2D eigenvalue weighted by atomic mass is 10.1. The van der Waals surface area contributed by atoms with Gasteiger partial charge >= 0.3 is 0 Å². The van der Waals surface area contributed by atoms with Crippen LogP contribution in [0.2, 0.25) is 0 Å². The van der Waals surface area contributed by atoms with Gasteiger partial charge in [-0.05, 0) is 19.9 Å². The monoisotopic (exact) mass is 265 g/mol. The summed E-state index contributed by atoms with van der Waals surface area (Å²) in [6.45, 7) is 5.19. The van der Waals surface area contributed by atoms with Gasteiger partial charge in [0.25, 0.3) is 0 Å². The Balaban J connectivity index is 2.12. The maximum Gasteiger partial charge on any atom is 0.138 e. The van der Waals surface area contributed by atoms with Gasteiger partial charge in [0, 0.05) is 18.8 Å². The summed E-state index contributed by atoms with van der Waals surface area (Å²) >= 11 is 1.69. The number of hydrogen-bond donors (Lipinski definition) is 1. The van der Waals surface area contributed by atoms with Crippen molar-refractivity contribution in [3.05, 3.63) is 28.2 Å². The number of aromatic nitrogens is 4. The average Bonchev–Trinajstić information content (AvgIpc) is 2.94. The Morgan fingerprint density at radius 1 is 1.50 bits per heavy atom. The highest BCUT2D eigenvalue weighted by Crippen LogP contribution is 2.19. The summed E-state index contributed by atoms with van der Waals surface area (Å²) in [6, 6.07) is 0.220. The van der Waals surface area contributed by atoms with Gasteiger partial charge in [-0.25, -0.2) is 9.97 Å². The fraction of sp³-hybridized carbons (Fsp3) is 0.583. The second kappa shape index (κ2) is 6.06. The van der Waals surface area contributed by atoms with Crippen LogP contribution in [-0.2, 0) is 13.5 Å². The number of thiazole rings is 1. The first-order chi connectivity index (χ1) is 8.70. The molecule has 0 amide bonds. The Hall–Kier alpha value is -1.27.